The highest BCUT2D eigenvalue weighted by Crippen LogP contribution is 2.38. The number of carbonyl (C=O) groups excluding carboxylic acids is 4. The third-order valence-corrected chi connectivity index (χ3v) is 5.79. The van der Waals surface area contributed by atoms with Crippen molar-refractivity contribution in [3.8, 4) is 17.2 Å². The summed E-state index contributed by atoms with van der Waals surface area (Å²) in [7, 11) is 4.62. The highest BCUT2D eigenvalue weighted by atomic mass is 16.5. The Labute approximate surface area is 187 Å². The third kappa shape index (κ3) is 5.12. The topological polar surface area (TPSA) is 106 Å². The molecule has 0 spiro atoms. The molecule has 0 aliphatic carbocycles. The number of methoxy groups -OCH3 is 3. The number of ether oxygens (including phenoxy) is 3. The highest BCUT2D eigenvalue weighted by Gasteiger charge is 2.33. The lowest BCUT2D eigenvalue weighted by Crippen LogP contribution is -2.53. The lowest BCUT2D eigenvalue weighted by Gasteiger charge is -2.35. The molecular formula is C22H29N3O7. The Morgan fingerprint density at radius 3 is 1.78 bits per heavy atom. The van der Waals surface area contributed by atoms with Gasteiger partial charge in [0.05, 0.1) is 21.3 Å². The first-order chi connectivity index (χ1) is 15.4. The Morgan fingerprint density at radius 2 is 1.31 bits per heavy atom. The van der Waals surface area contributed by atoms with Crippen molar-refractivity contribution in [1.29, 1.82) is 0 Å². The van der Waals surface area contributed by atoms with Crippen LogP contribution in [0.1, 0.15) is 24.8 Å². The van der Waals surface area contributed by atoms with Gasteiger partial charge >= 0.3 is 0 Å². The van der Waals surface area contributed by atoms with Crippen molar-refractivity contribution < 1.29 is 33.4 Å². The molecule has 10 heteroatoms. The molecule has 2 saturated heterocycles. The van der Waals surface area contributed by atoms with Crippen molar-refractivity contribution in [2.75, 3.05) is 54.1 Å². The van der Waals surface area contributed by atoms with Crippen LogP contribution in [-0.4, -0.2) is 92.4 Å². The fourth-order valence-electron chi connectivity index (χ4n) is 3.93. The second kappa shape index (κ2) is 10.3. The maximum absolute atomic E-state index is 12.7. The summed E-state index contributed by atoms with van der Waals surface area (Å²) in [5, 5.41) is 0. The first-order valence-electron chi connectivity index (χ1n) is 10.6. The van der Waals surface area contributed by atoms with E-state index in [2.05, 4.69) is 0 Å². The molecule has 0 aromatic heterocycles. The fourth-order valence-corrected chi connectivity index (χ4v) is 3.93. The maximum atomic E-state index is 12.7. The smallest absolute Gasteiger partial charge is 0.242 e. The summed E-state index contributed by atoms with van der Waals surface area (Å²) in [6, 6.07) is 3.65. The minimum atomic E-state index is -0.302. The highest BCUT2D eigenvalue weighted by molar-refractivity contribution is 6.04. The number of hydrogen-bond donors (Lipinski definition) is 0. The molecule has 0 N–H and O–H groups in total. The molecule has 174 valence electrons. The summed E-state index contributed by atoms with van der Waals surface area (Å²) in [6.07, 6.45) is 1.15. The van der Waals surface area contributed by atoms with Crippen LogP contribution in [0.15, 0.2) is 12.1 Å². The number of benzene rings is 1. The summed E-state index contributed by atoms with van der Waals surface area (Å²) >= 11 is 0. The average Bonchev–Trinajstić information content (AvgIpc) is 3.13. The van der Waals surface area contributed by atoms with Gasteiger partial charge < -0.3 is 24.0 Å². The molecule has 1 aromatic carbocycles. The van der Waals surface area contributed by atoms with Gasteiger partial charge in [-0.05, 0) is 24.1 Å². The van der Waals surface area contributed by atoms with Crippen molar-refractivity contribution in [3.63, 3.8) is 0 Å². The van der Waals surface area contributed by atoms with Gasteiger partial charge in [0.15, 0.2) is 11.5 Å². The first kappa shape index (κ1) is 23.4. The van der Waals surface area contributed by atoms with Crippen LogP contribution in [-0.2, 0) is 25.6 Å². The van der Waals surface area contributed by atoms with E-state index >= 15 is 0 Å². The van der Waals surface area contributed by atoms with E-state index in [-0.39, 0.29) is 43.0 Å². The van der Waals surface area contributed by atoms with Crippen molar-refractivity contribution in [2.45, 2.75) is 25.7 Å². The number of likely N-dealkylation sites (tertiary alicyclic amines) is 1. The predicted molar refractivity (Wildman–Crippen MR) is 114 cm³/mol. The second-order valence-electron chi connectivity index (χ2n) is 7.67. The van der Waals surface area contributed by atoms with E-state index < -0.39 is 0 Å². The molecule has 2 aliphatic heterocycles. The zero-order valence-corrected chi connectivity index (χ0v) is 18.7. The van der Waals surface area contributed by atoms with Gasteiger partial charge in [0.25, 0.3) is 0 Å². The first-order valence-corrected chi connectivity index (χ1v) is 10.6. The number of carbonyl (C=O) groups is 4. The van der Waals surface area contributed by atoms with Crippen LogP contribution >= 0.6 is 0 Å². The van der Waals surface area contributed by atoms with Gasteiger partial charge in [0, 0.05) is 45.4 Å². The second-order valence-corrected chi connectivity index (χ2v) is 7.67. The van der Waals surface area contributed by atoms with Crippen LogP contribution in [0.3, 0.4) is 0 Å². The SMILES string of the molecule is COc1cc(CCC(=O)N2CCN(C(=O)CN3C(=O)CCC3=O)CC2)cc(OC)c1OC. The van der Waals surface area contributed by atoms with Crippen LogP contribution in [0, 0.1) is 0 Å². The molecule has 3 rings (SSSR count). The monoisotopic (exact) mass is 447 g/mol. The van der Waals surface area contributed by atoms with E-state index in [1.807, 2.05) is 12.1 Å². The lowest BCUT2D eigenvalue weighted by molar-refractivity contribution is -0.147. The minimum Gasteiger partial charge on any atom is -0.493 e. The Hall–Kier alpha value is -3.30. The number of hydrogen-bond acceptors (Lipinski definition) is 7. The molecule has 2 heterocycles. The van der Waals surface area contributed by atoms with Crippen LogP contribution in [0.2, 0.25) is 0 Å². The molecule has 0 bridgehead atoms. The Bertz CT molecular complexity index is 853. The predicted octanol–water partition coefficient (Wildman–Crippen LogP) is 0.465. The van der Waals surface area contributed by atoms with Gasteiger partial charge in [-0.1, -0.05) is 0 Å². The lowest BCUT2D eigenvalue weighted by atomic mass is 10.1. The number of imide groups is 1. The van der Waals surface area contributed by atoms with Crippen molar-refractivity contribution in [3.05, 3.63) is 17.7 Å². The Morgan fingerprint density at radius 1 is 0.812 bits per heavy atom. The molecule has 0 unspecified atom stereocenters. The molecular weight excluding hydrogens is 418 g/mol. The number of piperazine rings is 1. The quantitative estimate of drug-likeness (QED) is 0.533. The molecule has 2 aliphatic rings. The van der Waals surface area contributed by atoms with Gasteiger partial charge in [0.2, 0.25) is 29.4 Å². The summed E-state index contributed by atoms with van der Waals surface area (Å²) in [4.78, 5) is 52.9. The van der Waals surface area contributed by atoms with Gasteiger partial charge in [-0.25, -0.2) is 0 Å². The van der Waals surface area contributed by atoms with E-state index in [4.69, 9.17) is 14.2 Å². The van der Waals surface area contributed by atoms with Gasteiger partial charge in [-0.2, -0.15) is 0 Å². The zero-order valence-electron chi connectivity index (χ0n) is 18.7. The van der Waals surface area contributed by atoms with Crippen LogP contribution in [0.5, 0.6) is 17.2 Å². The van der Waals surface area contributed by atoms with Crippen molar-refractivity contribution in [2.24, 2.45) is 0 Å². The fraction of sp³-hybridized carbons (Fsp3) is 0.545. The number of amides is 4. The molecule has 0 atom stereocenters. The van der Waals surface area contributed by atoms with Crippen LogP contribution < -0.4 is 14.2 Å². The largest absolute Gasteiger partial charge is 0.493 e. The summed E-state index contributed by atoms with van der Waals surface area (Å²) in [6.45, 7) is 1.38. The Kier molecular flexibility index (Phi) is 7.55. The standard InChI is InChI=1S/C22H29N3O7/c1-30-16-12-15(13-17(31-2)22(16)32-3)4-5-18(26)23-8-10-24(11-9-23)21(29)14-25-19(27)6-7-20(25)28/h12-13H,4-11,14H2,1-3H3. The van der Waals surface area contributed by atoms with Crippen molar-refractivity contribution in [1.82, 2.24) is 14.7 Å². The maximum Gasteiger partial charge on any atom is 0.242 e. The van der Waals surface area contributed by atoms with E-state index in [1.165, 1.54) is 7.11 Å². The van der Waals surface area contributed by atoms with E-state index in [0.717, 1.165) is 10.5 Å². The van der Waals surface area contributed by atoms with E-state index in [1.54, 1.807) is 24.0 Å². The summed E-state index contributed by atoms with van der Waals surface area (Å²) < 4.78 is 16.0. The molecule has 2 fully saturated rings. The van der Waals surface area contributed by atoms with Gasteiger partial charge in [-0.3, -0.25) is 24.1 Å². The average molecular weight is 447 g/mol. The van der Waals surface area contributed by atoms with Crippen molar-refractivity contribution >= 4 is 23.6 Å². The minimum absolute atomic E-state index is 0.00394. The Balaban J connectivity index is 1.50. The number of rotatable bonds is 8. The van der Waals surface area contributed by atoms with Gasteiger partial charge in [0.1, 0.15) is 6.54 Å². The van der Waals surface area contributed by atoms with Crippen LogP contribution in [0.4, 0.5) is 0 Å². The molecule has 0 saturated carbocycles. The third-order valence-electron chi connectivity index (χ3n) is 5.79. The van der Waals surface area contributed by atoms with Crippen LogP contribution in [0.25, 0.3) is 0 Å². The molecule has 0 radical (unpaired) electrons. The number of nitrogens with zero attached hydrogens (tertiary/aromatic N) is 3. The molecule has 1 aromatic rings. The summed E-state index contributed by atoms with van der Waals surface area (Å²) in [5.41, 5.74) is 0.890. The zero-order chi connectivity index (χ0) is 23.3. The van der Waals surface area contributed by atoms with E-state index in [9.17, 15) is 19.2 Å². The normalized spacial score (nSPS) is 16.4. The summed E-state index contributed by atoms with van der Waals surface area (Å²) in [5.74, 6) is 0.706. The van der Waals surface area contributed by atoms with E-state index in [0.29, 0.717) is 56.3 Å². The molecule has 4 amide bonds. The molecule has 32 heavy (non-hydrogen) atoms. The number of aryl methyl sites for hydroxylation is 1. The molecule has 10 nitrogen and oxygen atoms in total. The van der Waals surface area contributed by atoms with Gasteiger partial charge in [-0.15, -0.1) is 0 Å².